The van der Waals surface area contributed by atoms with Crippen LogP contribution in [0.4, 0.5) is 11.4 Å². The second-order valence-corrected chi connectivity index (χ2v) is 5.37. The molecule has 0 saturated heterocycles. The zero-order chi connectivity index (χ0) is 15.4. The molecule has 0 aromatic heterocycles. The van der Waals surface area contributed by atoms with E-state index in [0.29, 0.717) is 5.69 Å². The lowest BCUT2D eigenvalue weighted by atomic mass is 10.0. The number of phenolic OH excluding ortho intramolecular Hbond substituents is 1. The molecule has 2 rings (SSSR count). The highest BCUT2D eigenvalue weighted by molar-refractivity contribution is 5.84. The molecule has 0 atom stereocenters. The van der Waals surface area contributed by atoms with Crippen LogP contribution >= 0.6 is 0 Å². The van der Waals surface area contributed by atoms with Gasteiger partial charge in [-0.25, -0.2) is 0 Å². The fourth-order valence-electron chi connectivity index (χ4n) is 2.03. The van der Waals surface area contributed by atoms with Crippen LogP contribution in [-0.2, 0) is 0 Å². The second kappa shape index (κ2) is 6.35. The van der Waals surface area contributed by atoms with Gasteiger partial charge in [-0.15, -0.1) is 0 Å². The summed E-state index contributed by atoms with van der Waals surface area (Å²) in [5.41, 5.74) is 5.48. The predicted octanol–water partition coefficient (Wildman–Crippen LogP) is 5.28. The largest absolute Gasteiger partial charge is 0.506 e. The van der Waals surface area contributed by atoms with Gasteiger partial charge < -0.3 is 5.11 Å². The Labute approximate surface area is 125 Å². The Hall–Kier alpha value is -2.42. The summed E-state index contributed by atoms with van der Waals surface area (Å²) in [5, 5.41) is 10.0. The summed E-state index contributed by atoms with van der Waals surface area (Å²) in [6.07, 6.45) is 0. The minimum atomic E-state index is 0.195. The second-order valence-electron chi connectivity index (χ2n) is 5.37. The van der Waals surface area contributed by atoms with Gasteiger partial charge in [0.15, 0.2) is 0 Å². The monoisotopic (exact) mass is 280 g/mol. The van der Waals surface area contributed by atoms with Crippen LogP contribution in [0.25, 0.3) is 11.1 Å². The average molecular weight is 280 g/mol. The van der Waals surface area contributed by atoms with E-state index in [4.69, 9.17) is 0 Å². The summed E-state index contributed by atoms with van der Waals surface area (Å²) in [5.74, 6) is 0.195. The predicted molar refractivity (Wildman–Crippen MR) is 90.4 cm³/mol. The van der Waals surface area contributed by atoms with Crippen LogP contribution in [0.5, 0.6) is 5.75 Å². The fourth-order valence-corrected chi connectivity index (χ4v) is 2.03. The van der Waals surface area contributed by atoms with E-state index in [-0.39, 0.29) is 5.75 Å². The van der Waals surface area contributed by atoms with Crippen molar-refractivity contribution in [1.29, 1.82) is 0 Å². The van der Waals surface area contributed by atoms with Crippen LogP contribution in [0.1, 0.15) is 27.7 Å². The molecule has 0 aliphatic heterocycles. The third-order valence-corrected chi connectivity index (χ3v) is 2.87. The van der Waals surface area contributed by atoms with Gasteiger partial charge >= 0.3 is 0 Å². The van der Waals surface area contributed by atoms with Gasteiger partial charge in [-0.3, -0.25) is 9.98 Å². The number of hydrogen-bond donors (Lipinski definition) is 1. The Morgan fingerprint density at radius 1 is 0.762 bits per heavy atom. The van der Waals surface area contributed by atoms with Gasteiger partial charge in [-0.2, -0.15) is 0 Å². The molecular formula is C18H20N2O. The van der Waals surface area contributed by atoms with Gasteiger partial charge in [0.1, 0.15) is 11.4 Å². The molecule has 0 saturated carbocycles. The highest BCUT2D eigenvalue weighted by Crippen LogP contribution is 2.32. The first-order valence-electron chi connectivity index (χ1n) is 6.93. The molecule has 0 bridgehead atoms. The van der Waals surface area contributed by atoms with Gasteiger partial charge in [0, 0.05) is 11.4 Å². The highest BCUT2D eigenvalue weighted by atomic mass is 16.3. The molecule has 3 nitrogen and oxygen atoms in total. The van der Waals surface area contributed by atoms with Crippen LogP contribution in [0.3, 0.4) is 0 Å². The van der Waals surface area contributed by atoms with Crippen molar-refractivity contribution in [3.63, 3.8) is 0 Å². The molecule has 108 valence electrons. The maximum atomic E-state index is 10.0. The van der Waals surface area contributed by atoms with E-state index < -0.39 is 0 Å². The summed E-state index contributed by atoms with van der Waals surface area (Å²) in [4.78, 5) is 8.70. The number of benzene rings is 2. The third-order valence-electron chi connectivity index (χ3n) is 2.87. The Kier molecular flexibility index (Phi) is 4.53. The number of aliphatic imine (C=N–C) groups is 2. The lowest BCUT2D eigenvalue weighted by Gasteiger charge is -2.06. The minimum absolute atomic E-state index is 0.195. The van der Waals surface area contributed by atoms with Gasteiger partial charge in [-0.1, -0.05) is 18.2 Å². The standard InChI is InChI=1S/C18H20N2O/c1-12(2)19-16-8-5-14(6-9-16)15-7-10-17(18(21)11-15)20-13(3)4/h5-11,21H,1-4H3. The van der Waals surface area contributed by atoms with Crippen molar-refractivity contribution >= 4 is 22.8 Å². The van der Waals surface area contributed by atoms with Crippen molar-refractivity contribution in [3.8, 4) is 16.9 Å². The summed E-state index contributed by atoms with van der Waals surface area (Å²) in [6, 6.07) is 13.5. The van der Waals surface area contributed by atoms with Gasteiger partial charge in [0.25, 0.3) is 0 Å². The maximum Gasteiger partial charge on any atom is 0.141 e. The Morgan fingerprint density at radius 3 is 1.86 bits per heavy atom. The zero-order valence-corrected chi connectivity index (χ0v) is 12.9. The SMILES string of the molecule is CC(C)=Nc1ccc(-c2ccc(N=C(C)C)c(O)c2)cc1. The highest BCUT2D eigenvalue weighted by Gasteiger charge is 2.04. The Morgan fingerprint density at radius 2 is 1.33 bits per heavy atom. The van der Waals surface area contributed by atoms with Crippen molar-refractivity contribution in [1.82, 2.24) is 0 Å². The lowest BCUT2D eigenvalue weighted by Crippen LogP contribution is -1.82. The molecule has 0 aliphatic rings. The Balaban J connectivity index is 2.32. The summed E-state index contributed by atoms with van der Waals surface area (Å²) < 4.78 is 0. The zero-order valence-electron chi connectivity index (χ0n) is 12.9. The molecule has 0 amide bonds. The van der Waals surface area contributed by atoms with Crippen molar-refractivity contribution < 1.29 is 5.11 Å². The summed E-state index contributed by atoms with van der Waals surface area (Å²) in [7, 11) is 0. The normalized spacial score (nSPS) is 10.1. The first-order valence-corrected chi connectivity index (χ1v) is 6.93. The third kappa shape index (κ3) is 4.02. The molecule has 0 spiro atoms. The van der Waals surface area contributed by atoms with E-state index in [1.54, 1.807) is 6.07 Å². The first kappa shape index (κ1) is 15.0. The molecule has 1 N–H and O–H groups in total. The average Bonchev–Trinajstić information content (AvgIpc) is 2.41. The molecular weight excluding hydrogens is 260 g/mol. The van der Waals surface area contributed by atoms with Crippen molar-refractivity contribution in [2.75, 3.05) is 0 Å². The maximum absolute atomic E-state index is 10.0. The van der Waals surface area contributed by atoms with Gasteiger partial charge in [-0.05, 0) is 63.1 Å². The van der Waals surface area contributed by atoms with E-state index in [1.165, 1.54) is 0 Å². The summed E-state index contributed by atoms with van der Waals surface area (Å²) in [6.45, 7) is 7.76. The lowest BCUT2D eigenvalue weighted by molar-refractivity contribution is 0.477. The van der Waals surface area contributed by atoms with Crippen LogP contribution in [0.2, 0.25) is 0 Å². The quantitative estimate of drug-likeness (QED) is 0.763. The van der Waals surface area contributed by atoms with Crippen LogP contribution in [0.15, 0.2) is 52.4 Å². The number of hydrogen-bond acceptors (Lipinski definition) is 3. The van der Waals surface area contributed by atoms with E-state index in [1.807, 2.05) is 64.1 Å². The smallest absolute Gasteiger partial charge is 0.141 e. The van der Waals surface area contributed by atoms with Crippen LogP contribution in [0, 0.1) is 0 Å². The number of rotatable bonds is 3. The molecule has 0 unspecified atom stereocenters. The van der Waals surface area contributed by atoms with Crippen molar-refractivity contribution in [3.05, 3.63) is 42.5 Å². The molecule has 2 aromatic rings. The number of phenols is 1. The molecule has 0 aliphatic carbocycles. The van der Waals surface area contributed by atoms with Crippen LogP contribution < -0.4 is 0 Å². The van der Waals surface area contributed by atoms with Gasteiger partial charge in [0.05, 0.1) is 5.69 Å². The molecule has 0 fully saturated rings. The van der Waals surface area contributed by atoms with Crippen molar-refractivity contribution in [2.24, 2.45) is 9.98 Å². The van der Waals surface area contributed by atoms with Crippen LogP contribution in [-0.4, -0.2) is 16.5 Å². The van der Waals surface area contributed by atoms with E-state index >= 15 is 0 Å². The minimum Gasteiger partial charge on any atom is -0.506 e. The summed E-state index contributed by atoms with van der Waals surface area (Å²) >= 11 is 0. The first-order chi connectivity index (χ1) is 9.95. The Bertz CT molecular complexity index is 690. The molecule has 2 aromatic carbocycles. The van der Waals surface area contributed by atoms with E-state index in [9.17, 15) is 5.11 Å². The molecule has 3 heteroatoms. The molecule has 0 heterocycles. The number of nitrogens with zero attached hydrogens (tertiary/aromatic N) is 2. The van der Waals surface area contributed by atoms with E-state index in [2.05, 4.69) is 9.98 Å². The van der Waals surface area contributed by atoms with E-state index in [0.717, 1.165) is 28.2 Å². The van der Waals surface area contributed by atoms with Gasteiger partial charge in [0.2, 0.25) is 0 Å². The topological polar surface area (TPSA) is 45.0 Å². The fraction of sp³-hybridized carbons (Fsp3) is 0.222. The molecule has 21 heavy (non-hydrogen) atoms. The number of aromatic hydroxyl groups is 1. The molecule has 0 radical (unpaired) electrons. The van der Waals surface area contributed by atoms with Crippen molar-refractivity contribution in [2.45, 2.75) is 27.7 Å².